The molecule has 104 valence electrons. The number of nitrogens with zero attached hydrogens (tertiary/aromatic N) is 1. The van der Waals surface area contributed by atoms with Crippen LogP contribution < -0.4 is 10.1 Å². The molecule has 4 heteroatoms. The van der Waals surface area contributed by atoms with E-state index in [2.05, 4.69) is 10.3 Å². The normalized spacial score (nSPS) is 11.5. The van der Waals surface area contributed by atoms with Crippen LogP contribution in [0.15, 0.2) is 30.0 Å². The van der Waals surface area contributed by atoms with E-state index >= 15 is 0 Å². The van der Waals surface area contributed by atoms with Gasteiger partial charge in [0.2, 0.25) is 11.8 Å². The minimum absolute atomic E-state index is 0.0544. The second kappa shape index (κ2) is 7.56. The van der Waals surface area contributed by atoms with Gasteiger partial charge in [0.15, 0.2) is 0 Å². The van der Waals surface area contributed by atoms with Crippen LogP contribution in [0.2, 0.25) is 0 Å². The maximum absolute atomic E-state index is 11.8. The fourth-order valence-electron chi connectivity index (χ4n) is 1.60. The third kappa shape index (κ3) is 5.12. The molecule has 0 radical (unpaired) electrons. The van der Waals surface area contributed by atoms with Crippen molar-refractivity contribution in [2.45, 2.75) is 46.8 Å². The SMILES string of the molecule is CC/C=C(/C)C(=O)NCc1cccnc1OC(C)C. The molecule has 1 rings (SSSR count). The van der Waals surface area contributed by atoms with E-state index in [4.69, 9.17) is 4.74 Å². The van der Waals surface area contributed by atoms with Gasteiger partial charge in [0, 0.05) is 23.9 Å². The molecule has 1 heterocycles. The van der Waals surface area contributed by atoms with Crippen LogP contribution in [0.5, 0.6) is 5.88 Å². The number of aromatic nitrogens is 1. The molecule has 0 bridgehead atoms. The number of ether oxygens (including phenoxy) is 1. The van der Waals surface area contributed by atoms with Crippen LogP contribution >= 0.6 is 0 Å². The zero-order chi connectivity index (χ0) is 14.3. The van der Waals surface area contributed by atoms with Crippen LogP contribution in [-0.2, 0) is 11.3 Å². The Bertz CT molecular complexity index is 453. The molecule has 1 amide bonds. The second-order valence-corrected chi connectivity index (χ2v) is 4.61. The molecule has 1 aromatic rings. The van der Waals surface area contributed by atoms with Crippen LogP contribution in [0.25, 0.3) is 0 Å². The monoisotopic (exact) mass is 262 g/mol. The Morgan fingerprint density at radius 1 is 1.53 bits per heavy atom. The molecular weight excluding hydrogens is 240 g/mol. The molecule has 0 aliphatic rings. The third-order valence-corrected chi connectivity index (χ3v) is 2.51. The smallest absolute Gasteiger partial charge is 0.246 e. The summed E-state index contributed by atoms with van der Waals surface area (Å²) < 4.78 is 5.61. The molecule has 1 aromatic heterocycles. The van der Waals surface area contributed by atoms with Gasteiger partial charge in [-0.25, -0.2) is 4.98 Å². The van der Waals surface area contributed by atoms with Crippen molar-refractivity contribution in [3.8, 4) is 5.88 Å². The number of allylic oxidation sites excluding steroid dienone is 1. The summed E-state index contributed by atoms with van der Waals surface area (Å²) in [5.74, 6) is 0.524. The van der Waals surface area contributed by atoms with Gasteiger partial charge in [-0.2, -0.15) is 0 Å². The largest absolute Gasteiger partial charge is 0.475 e. The molecule has 0 unspecified atom stereocenters. The van der Waals surface area contributed by atoms with Gasteiger partial charge in [-0.3, -0.25) is 4.79 Å². The highest BCUT2D eigenvalue weighted by atomic mass is 16.5. The third-order valence-electron chi connectivity index (χ3n) is 2.51. The molecule has 0 aliphatic carbocycles. The van der Waals surface area contributed by atoms with Crippen LogP contribution in [0.1, 0.15) is 39.7 Å². The first-order chi connectivity index (χ1) is 9.04. The summed E-state index contributed by atoms with van der Waals surface area (Å²) in [4.78, 5) is 16.0. The summed E-state index contributed by atoms with van der Waals surface area (Å²) in [7, 11) is 0. The first kappa shape index (κ1) is 15.2. The zero-order valence-electron chi connectivity index (χ0n) is 12.1. The van der Waals surface area contributed by atoms with E-state index in [9.17, 15) is 4.79 Å². The topological polar surface area (TPSA) is 51.2 Å². The molecule has 0 aliphatic heterocycles. The van der Waals surface area contributed by atoms with Crippen molar-refractivity contribution in [2.75, 3.05) is 0 Å². The minimum Gasteiger partial charge on any atom is -0.475 e. The van der Waals surface area contributed by atoms with E-state index in [0.29, 0.717) is 12.4 Å². The Kier molecular flexibility index (Phi) is 6.06. The predicted molar refractivity (Wildman–Crippen MR) is 75.9 cm³/mol. The lowest BCUT2D eigenvalue weighted by molar-refractivity contribution is -0.117. The summed E-state index contributed by atoms with van der Waals surface area (Å²) in [6, 6.07) is 3.74. The second-order valence-electron chi connectivity index (χ2n) is 4.61. The minimum atomic E-state index is -0.0544. The highest BCUT2D eigenvalue weighted by Crippen LogP contribution is 2.15. The molecule has 0 saturated carbocycles. The van der Waals surface area contributed by atoms with Crippen molar-refractivity contribution in [3.63, 3.8) is 0 Å². The Morgan fingerprint density at radius 3 is 2.89 bits per heavy atom. The van der Waals surface area contributed by atoms with E-state index in [-0.39, 0.29) is 12.0 Å². The van der Waals surface area contributed by atoms with Gasteiger partial charge in [0.05, 0.1) is 6.10 Å². The Labute approximate surface area is 114 Å². The van der Waals surface area contributed by atoms with Gasteiger partial charge in [0.1, 0.15) is 0 Å². The number of pyridine rings is 1. The number of rotatable bonds is 6. The molecule has 1 N–H and O–H groups in total. The molecule has 0 spiro atoms. The van der Waals surface area contributed by atoms with Gasteiger partial charge in [-0.05, 0) is 33.3 Å². The van der Waals surface area contributed by atoms with Gasteiger partial charge in [-0.1, -0.05) is 19.1 Å². The summed E-state index contributed by atoms with van der Waals surface area (Å²) >= 11 is 0. The quantitative estimate of drug-likeness (QED) is 0.802. The Balaban J connectivity index is 2.67. The van der Waals surface area contributed by atoms with Crippen molar-refractivity contribution in [1.29, 1.82) is 0 Å². The van der Waals surface area contributed by atoms with Gasteiger partial charge >= 0.3 is 0 Å². The van der Waals surface area contributed by atoms with Crippen molar-refractivity contribution in [3.05, 3.63) is 35.5 Å². The fourth-order valence-corrected chi connectivity index (χ4v) is 1.60. The summed E-state index contributed by atoms with van der Waals surface area (Å²) in [5.41, 5.74) is 1.62. The van der Waals surface area contributed by atoms with Crippen LogP contribution in [0, 0.1) is 0 Å². The molecule has 19 heavy (non-hydrogen) atoms. The van der Waals surface area contributed by atoms with E-state index in [1.807, 2.05) is 45.9 Å². The van der Waals surface area contributed by atoms with Crippen molar-refractivity contribution >= 4 is 5.91 Å². The number of hydrogen-bond donors (Lipinski definition) is 1. The van der Waals surface area contributed by atoms with Crippen molar-refractivity contribution in [1.82, 2.24) is 10.3 Å². The van der Waals surface area contributed by atoms with Gasteiger partial charge in [0.25, 0.3) is 0 Å². The molecular formula is C15H22N2O2. The average molecular weight is 262 g/mol. The molecule has 0 saturated heterocycles. The van der Waals surface area contributed by atoms with Crippen molar-refractivity contribution in [2.24, 2.45) is 0 Å². The Hall–Kier alpha value is -1.84. The highest BCUT2D eigenvalue weighted by Gasteiger charge is 2.09. The molecule has 0 atom stereocenters. The van der Waals surface area contributed by atoms with Crippen LogP contribution in [0.4, 0.5) is 0 Å². The predicted octanol–water partition coefficient (Wildman–Crippen LogP) is 2.84. The van der Waals surface area contributed by atoms with E-state index in [1.54, 1.807) is 6.20 Å². The number of hydrogen-bond acceptors (Lipinski definition) is 3. The summed E-state index contributed by atoms with van der Waals surface area (Å²) in [6.07, 6.45) is 4.51. The van der Waals surface area contributed by atoms with Crippen molar-refractivity contribution < 1.29 is 9.53 Å². The molecule has 4 nitrogen and oxygen atoms in total. The molecule has 0 fully saturated rings. The maximum atomic E-state index is 11.8. The first-order valence-corrected chi connectivity index (χ1v) is 6.60. The van der Waals surface area contributed by atoms with E-state index in [0.717, 1.165) is 17.6 Å². The lowest BCUT2D eigenvalue weighted by Crippen LogP contribution is -2.24. The fraction of sp³-hybridized carbons (Fsp3) is 0.467. The average Bonchev–Trinajstić information content (AvgIpc) is 2.37. The molecule has 0 aromatic carbocycles. The van der Waals surface area contributed by atoms with Gasteiger partial charge < -0.3 is 10.1 Å². The Morgan fingerprint density at radius 2 is 2.26 bits per heavy atom. The maximum Gasteiger partial charge on any atom is 0.246 e. The standard InChI is InChI=1S/C15H22N2O2/c1-5-7-12(4)14(18)17-10-13-8-6-9-16-15(13)19-11(2)3/h6-9,11H,5,10H2,1-4H3,(H,17,18)/b12-7-. The number of amides is 1. The lowest BCUT2D eigenvalue weighted by atomic mass is 10.2. The van der Waals surface area contributed by atoms with E-state index < -0.39 is 0 Å². The number of nitrogens with one attached hydrogen (secondary N) is 1. The zero-order valence-corrected chi connectivity index (χ0v) is 12.1. The summed E-state index contributed by atoms with van der Waals surface area (Å²) in [5, 5.41) is 2.87. The lowest BCUT2D eigenvalue weighted by Gasteiger charge is -2.13. The van der Waals surface area contributed by atoms with Crippen LogP contribution in [-0.4, -0.2) is 17.0 Å². The summed E-state index contributed by atoms with van der Waals surface area (Å²) in [6.45, 7) is 8.14. The highest BCUT2D eigenvalue weighted by molar-refractivity contribution is 5.92. The van der Waals surface area contributed by atoms with Crippen LogP contribution in [0.3, 0.4) is 0 Å². The van der Waals surface area contributed by atoms with E-state index in [1.165, 1.54) is 0 Å². The number of carbonyl (C=O) groups excluding carboxylic acids is 1. The first-order valence-electron chi connectivity index (χ1n) is 6.60. The van der Waals surface area contributed by atoms with Gasteiger partial charge in [-0.15, -0.1) is 0 Å². The number of carbonyl (C=O) groups is 1.